The van der Waals surface area contributed by atoms with Crippen LogP contribution in [0.4, 0.5) is 0 Å². The summed E-state index contributed by atoms with van der Waals surface area (Å²) in [5.74, 6) is 2.69. The fourth-order valence-electron chi connectivity index (χ4n) is 3.28. The molecule has 0 fully saturated rings. The first-order chi connectivity index (χ1) is 13.2. The molecule has 1 aromatic carbocycles. The molecule has 1 aliphatic rings. The van der Waals surface area contributed by atoms with Crippen molar-refractivity contribution in [3.63, 3.8) is 0 Å². The molecule has 9 nitrogen and oxygen atoms in total. The lowest BCUT2D eigenvalue weighted by Gasteiger charge is -2.25. The van der Waals surface area contributed by atoms with Crippen LogP contribution in [0.3, 0.4) is 0 Å². The van der Waals surface area contributed by atoms with Gasteiger partial charge in [-0.15, -0.1) is 24.0 Å². The molecule has 1 atom stereocenters. The minimum atomic E-state index is 0. The maximum Gasteiger partial charge on any atom is 0.191 e. The summed E-state index contributed by atoms with van der Waals surface area (Å²) < 4.78 is 3.74. The Hall–Kier alpha value is -2.50. The van der Waals surface area contributed by atoms with E-state index in [0.29, 0.717) is 6.54 Å². The molecule has 0 saturated carbocycles. The van der Waals surface area contributed by atoms with Crippen molar-refractivity contribution < 1.29 is 0 Å². The molecule has 2 N–H and O–H groups in total. The van der Waals surface area contributed by atoms with Crippen LogP contribution in [0.2, 0.25) is 0 Å². The zero-order valence-electron chi connectivity index (χ0n) is 15.9. The third-order valence-corrected chi connectivity index (χ3v) is 4.58. The van der Waals surface area contributed by atoms with E-state index >= 15 is 0 Å². The molecule has 3 aromatic rings. The molecule has 0 radical (unpaired) electrons. The molecule has 1 aliphatic heterocycles. The van der Waals surface area contributed by atoms with Crippen LogP contribution in [0.5, 0.6) is 0 Å². The van der Waals surface area contributed by atoms with Crippen molar-refractivity contribution in [2.75, 3.05) is 7.05 Å². The van der Waals surface area contributed by atoms with E-state index in [1.54, 1.807) is 18.1 Å². The molecule has 10 heteroatoms. The minimum absolute atomic E-state index is 0. The largest absolute Gasteiger partial charge is 0.352 e. The van der Waals surface area contributed by atoms with Crippen molar-refractivity contribution in [1.29, 1.82) is 0 Å². The van der Waals surface area contributed by atoms with Crippen molar-refractivity contribution in [1.82, 2.24) is 40.2 Å². The molecule has 1 unspecified atom stereocenters. The number of guanidine groups is 1. The Labute approximate surface area is 180 Å². The van der Waals surface area contributed by atoms with Crippen LogP contribution in [0.15, 0.2) is 41.9 Å². The first-order valence-electron chi connectivity index (χ1n) is 9.03. The number of rotatable bonds is 4. The summed E-state index contributed by atoms with van der Waals surface area (Å²) in [5, 5.41) is 15.5. The highest BCUT2D eigenvalue weighted by Gasteiger charge is 2.21. The Kier molecular flexibility index (Phi) is 6.60. The summed E-state index contributed by atoms with van der Waals surface area (Å²) in [4.78, 5) is 12.8. The van der Waals surface area contributed by atoms with E-state index < -0.39 is 0 Å². The van der Waals surface area contributed by atoms with E-state index in [1.807, 2.05) is 23.7 Å². The van der Waals surface area contributed by atoms with E-state index in [9.17, 15) is 0 Å². The van der Waals surface area contributed by atoms with Gasteiger partial charge in [-0.1, -0.05) is 12.1 Å². The maximum absolute atomic E-state index is 4.46. The van der Waals surface area contributed by atoms with Crippen LogP contribution >= 0.6 is 24.0 Å². The Bertz CT molecular complexity index is 932. The smallest absolute Gasteiger partial charge is 0.191 e. The number of aromatic nitrogens is 6. The number of nitrogens with zero attached hydrogens (tertiary/aromatic N) is 7. The molecule has 28 heavy (non-hydrogen) atoms. The summed E-state index contributed by atoms with van der Waals surface area (Å²) >= 11 is 0. The number of aryl methyl sites for hydroxylation is 2. The first-order valence-corrected chi connectivity index (χ1v) is 9.03. The predicted octanol–water partition coefficient (Wildman–Crippen LogP) is 1.47. The number of nitrogens with one attached hydrogen (secondary N) is 2. The lowest BCUT2D eigenvalue weighted by atomic mass is 10.1. The van der Waals surface area contributed by atoms with E-state index in [1.165, 1.54) is 6.33 Å². The number of hydrogen-bond donors (Lipinski definition) is 2. The molecule has 0 spiro atoms. The number of benzene rings is 1. The Balaban J connectivity index is 0.00000225. The van der Waals surface area contributed by atoms with Crippen LogP contribution < -0.4 is 10.6 Å². The third-order valence-electron chi connectivity index (χ3n) is 4.58. The van der Waals surface area contributed by atoms with Gasteiger partial charge in [0.2, 0.25) is 0 Å². The van der Waals surface area contributed by atoms with E-state index in [-0.39, 0.29) is 30.0 Å². The Morgan fingerprint density at radius 1 is 1.36 bits per heavy atom. The molecule has 2 aromatic heterocycles. The average molecular weight is 493 g/mol. The van der Waals surface area contributed by atoms with Crippen LogP contribution in [0.1, 0.15) is 23.6 Å². The molecular formula is C18H24IN9. The summed E-state index contributed by atoms with van der Waals surface area (Å²) in [6.07, 6.45) is 5.16. The highest BCUT2D eigenvalue weighted by Crippen LogP contribution is 2.13. The molecule has 0 bridgehead atoms. The molecule has 0 amide bonds. The van der Waals surface area contributed by atoms with Gasteiger partial charge in [0, 0.05) is 26.1 Å². The molecule has 0 aliphatic carbocycles. The summed E-state index contributed by atoms with van der Waals surface area (Å²) in [6.45, 7) is 3.41. The topological polar surface area (TPSA) is 97.8 Å². The van der Waals surface area contributed by atoms with Crippen molar-refractivity contribution in [2.45, 2.75) is 38.9 Å². The van der Waals surface area contributed by atoms with Gasteiger partial charge >= 0.3 is 0 Å². The summed E-state index contributed by atoms with van der Waals surface area (Å²) in [7, 11) is 1.79. The predicted molar refractivity (Wildman–Crippen MR) is 117 cm³/mol. The standard InChI is InChI=1S/C18H23N9.HI/c1-13-23-17-7-6-15(10-26(17)25-13)24-18(19-2)21-9-14-4-3-5-16(8-14)27-12-20-11-22-27;/h3-5,8,11-12,15H,6-7,9-10H2,1-2H3,(H2,19,21,24);1H. The number of fused-ring (bicyclic) bond motifs is 1. The quantitative estimate of drug-likeness (QED) is 0.325. The van der Waals surface area contributed by atoms with Gasteiger partial charge in [0.15, 0.2) is 5.96 Å². The highest BCUT2D eigenvalue weighted by molar-refractivity contribution is 14.0. The van der Waals surface area contributed by atoms with Gasteiger partial charge in [0.05, 0.1) is 12.2 Å². The maximum atomic E-state index is 4.46. The second-order valence-corrected chi connectivity index (χ2v) is 6.57. The highest BCUT2D eigenvalue weighted by atomic mass is 127. The molecule has 4 rings (SSSR count). The van der Waals surface area contributed by atoms with Crippen molar-refractivity contribution in [3.05, 3.63) is 54.1 Å². The fraction of sp³-hybridized carbons (Fsp3) is 0.389. The van der Waals surface area contributed by atoms with Crippen molar-refractivity contribution >= 4 is 29.9 Å². The number of halogens is 1. The second-order valence-electron chi connectivity index (χ2n) is 6.57. The second kappa shape index (κ2) is 9.13. The van der Waals surface area contributed by atoms with Crippen LogP contribution in [0.25, 0.3) is 5.69 Å². The van der Waals surface area contributed by atoms with Gasteiger partial charge in [-0.05, 0) is 31.0 Å². The van der Waals surface area contributed by atoms with E-state index in [0.717, 1.165) is 48.2 Å². The van der Waals surface area contributed by atoms with Gasteiger partial charge in [0.1, 0.15) is 24.3 Å². The van der Waals surface area contributed by atoms with E-state index in [4.69, 9.17) is 0 Å². The minimum Gasteiger partial charge on any atom is -0.352 e. The summed E-state index contributed by atoms with van der Waals surface area (Å²) in [5.41, 5.74) is 2.12. The normalized spacial score (nSPS) is 16.2. The van der Waals surface area contributed by atoms with E-state index in [2.05, 4.69) is 47.9 Å². The first kappa shape index (κ1) is 20.2. The zero-order chi connectivity index (χ0) is 18.6. The molecule has 0 saturated heterocycles. The zero-order valence-corrected chi connectivity index (χ0v) is 18.2. The lowest BCUT2D eigenvalue weighted by Crippen LogP contribution is -2.46. The fourth-order valence-corrected chi connectivity index (χ4v) is 3.28. The monoisotopic (exact) mass is 493 g/mol. The SMILES string of the molecule is CN=C(NCc1cccc(-n2cncn2)c1)NC1CCc2nc(C)nn2C1.I. The van der Waals surface area contributed by atoms with Crippen LogP contribution in [-0.2, 0) is 19.5 Å². The average Bonchev–Trinajstić information content (AvgIpc) is 3.34. The van der Waals surface area contributed by atoms with Gasteiger partial charge in [-0.3, -0.25) is 4.99 Å². The number of hydrogen-bond acceptors (Lipinski definition) is 5. The van der Waals surface area contributed by atoms with Crippen LogP contribution in [-0.4, -0.2) is 48.6 Å². The van der Waals surface area contributed by atoms with Gasteiger partial charge in [0.25, 0.3) is 0 Å². The Morgan fingerprint density at radius 3 is 3.04 bits per heavy atom. The molecule has 3 heterocycles. The van der Waals surface area contributed by atoms with Crippen molar-refractivity contribution in [2.24, 2.45) is 4.99 Å². The molecule has 148 valence electrons. The lowest BCUT2D eigenvalue weighted by molar-refractivity contribution is 0.392. The Morgan fingerprint density at radius 2 is 2.25 bits per heavy atom. The molecular weight excluding hydrogens is 469 g/mol. The summed E-state index contributed by atoms with van der Waals surface area (Å²) in [6, 6.07) is 8.46. The van der Waals surface area contributed by atoms with Crippen LogP contribution in [0, 0.1) is 6.92 Å². The van der Waals surface area contributed by atoms with Gasteiger partial charge in [-0.25, -0.2) is 19.3 Å². The third kappa shape index (κ3) is 4.66. The number of aliphatic imine (C=N–C) groups is 1. The van der Waals surface area contributed by atoms with Gasteiger partial charge < -0.3 is 10.6 Å². The van der Waals surface area contributed by atoms with Gasteiger partial charge in [-0.2, -0.15) is 10.2 Å². The van der Waals surface area contributed by atoms with Crippen molar-refractivity contribution in [3.8, 4) is 5.69 Å².